The van der Waals surface area contributed by atoms with Gasteiger partial charge in [0.1, 0.15) is 5.75 Å². The number of ether oxygens (including phenoxy) is 1. The first-order chi connectivity index (χ1) is 11.9. The zero-order valence-corrected chi connectivity index (χ0v) is 15.7. The summed E-state index contributed by atoms with van der Waals surface area (Å²) in [6, 6.07) is 10.2. The predicted molar refractivity (Wildman–Crippen MR) is 96.0 cm³/mol. The fourth-order valence-corrected chi connectivity index (χ4v) is 2.87. The Balaban J connectivity index is 1.82. The Kier molecular flexibility index (Phi) is 6.48. The van der Waals surface area contributed by atoms with Crippen molar-refractivity contribution in [2.75, 3.05) is 6.61 Å². The van der Waals surface area contributed by atoms with Crippen LogP contribution in [0.25, 0.3) is 0 Å². The number of hydrogen-bond acceptors (Lipinski definition) is 5. The second-order valence-corrected chi connectivity index (χ2v) is 6.44. The molecule has 2 aromatic rings. The molecule has 0 aromatic heterocycles. The van der Waals surface area contributed by atoms with Gasteiger partial charge < -0.3 is 4.74 Å². The molecule has 0 unspecified atom stereocenters. The van der Waals surface area contributed by atoms with Crippen molar-refractivity contribution in [3.05, 3.63) is 67.1 Å². The monoisotopic (exact) mass is 471 g/mol. The number of hydrogen-bond donors (Lipinski definition) is 2. The zero-order valence-electron chi connectivity index (χ0n) is 12.5. The van der Waals surface area contributed by atoms with Gasteiger partial charge in [-0.3, -0.25) is 30.6 Å². The number of halogens is 2. The molecule has 0 saturated carbocycles. The molecule has 0 aliphatic heterocycles. The first-order valence-electron chi connectivity index (χ1n) is 6.78. The molecule has 2 N–H and O–H groups in total. The Labute approximate surface area is 158 Å². The Morgan fingerprint density at radius 2 is 1.76 bits per heavy atom. The van der Waals surface area contributed by atoms with Gasteiger partial charge in [-0.05, 0) is 46.3 Å². The van der Waals surface area contributed by atoms with Crippen LogP contribution in [0, 0.1) is 10.1 Å². The van der Waals surface area contributed by atoms with Gasteiger partial charge in [-0.15, -0.1) is 0 Å². The average molecular weight is 473 g/mol. The van der Waals surface area contributed by atoms with Crippen molar-refractivity contribution in [2.24, 2.45) is 0 Å². The summed E-state index contributed by atoms with van der Waals surface area (Å²) in [5.74, 6) is -0.696. The number of carbonyl (C=O) groups excluding carboxylic acids is 2. The molecule has 0 aliphatic carbocycles. The molecule has 0 spiro atoms. The van der Waals surface area contributed by atoms with Crippen molar-refractivity contribution < 1.29 is 19.2 Å². The molecule has 0 heterocycles. The van der Waals surface area contributed by atoms with Crippen molar-refractivity contribution in [2.45, 2.75) is 0 Å². The fraction of sp³-hybridized carbons (Fsp3) is 0.0667. The van der Waals surface area contributed by atoms with E-state index in [-0.39, 0.29) is 17.9 Å². The number of nitro benzene ring substituents is 1. The Morgan fingerprint density at radius 3 is 2.36 bits per heavy atom. The van der Waals surface area contributed by atoms with Crippen LogP contribution < -0.4 is 15.6 Å². The van der Waals surface area contributed by atoms with Crippen molar-refractivity contribution >= 4 is 49.4 Å². The van der Waals surface area contributed by atoms with Gasteiger partial charge in [-0.1, -0.05) is 15.9 Å². The molecular weight excluding hydrogens is 462 g/mol. The minimum atomic E-state index is -0.604. The van der Waals surface area contributed by atoms with Crippen LogP contribution in [-0.4, -0.2) is 23.3 Å². The third-order valence-corrected chi connectivity index (χ3v) is 4.02. The molecule has 2 amide bonds. The van der Waals surface area contributed by atoms with E-state index in [1.54, 1.807) is 18.2 Å². The summed E-state index contributed by atoms with van der Waals surface area (Å²) in [6.07, 6.45) is 0. The third-order valence-electron chi connectivity index (χ3n) is 2.91. The van der Waals surface area contributed by atoms with Gasteiger partial charge in [0.15, 0.2) is 6.61 Å². The maximum atomic E-state index is 11.8. The first kappa shape index (κ1) is 18.9. The molecule has 25 heavy (non-hydrogen) atoms. The molecule has 8 nitrogen and oxygen atoms in total. The van der Waals surface area contributed by atoms with E-state index >= 15 is 0 Å². The lowest BCUT2D eigenvalue weighted by Gasteiger charge is -2.10. The summed E-state index contributed by atoms with van der Waals surface area (Å²) >= 11 is 6.60. The lowest BCUT2D eigenvalue weighted by molar-refractivity contribution is -0.384. The molecule has 0 saturated heterocycles. The lowest BCUT2D eigenvalue weighted by Crippen LogP contribution is -2.43. The number of non-ortho nitro benzene ring substituents is 1. The maximum absolute atomic E-state index is 11.8. The second-order valence-electron chi connectivity index (χ2n) is 4.67. The molecule has 0 atom stereocenters. The molecule has 2 rings (SSSR count). The Bertz CT molecular complexity index is 811. The standard InChI is InChI=1S/C15H11Br2N3O5/c16-10-3-6-13(12(17)7-10)25-8-14(21)18-19-15(22)9-1-4-11(5-2-9)20(23)24/h1-7H,8H2,(H,18,21)(H,19,22). The molecular formula is C15H11Br2N3O5. The van der Waals surface area contributed by atoms with Gasteiger partial charge in [-0.25, -0.2) is 0 Å². The van der Waals surface area contributed by atoms with E-state index in [1.165, 1.54) is 24.3 Å². The Morgan fingerprint density at radius 1 is 1.08 bits per heavy atom. The highest BCUT2D eigenvalue weighted by Crippen LogP contribution is 2.28. The quantitative estimate of drug-likeness (QED) is 0.513. The van der Waals surface area contributed by atoms with Crippen molar-refractivity contribution in [3.63, 3.8) is 0 Å². The third kappa shape index (κ3) is 5.54. The predicted octanol–water partition coefficient (Wildman–Crippen LogP) is 2.96. The van der Waals surface area contributed by atoms with Gasteiger partial charge >= 0.3 is 0 Å². The summed E-state index contributed by atoms with van der Waals surface area (Å²) in [4.78, 5) is 33.5. The number of hydrazine groups is 1. The molecule has 10 heteroatoms. The van der Waals surface area contributed by atoms with E-state index in [2.05, 4.69) is 42.7 Å². The van der Waals surface area contributed by atoms with Gasteiger partial charge in [-0.2, -0.15) is 0 Å². The Hall–Kier alpha value is -2.46. The number of nitrogens with one attached hydrogen (secondary N) is 2. The van der Waals surface area contributed by atoms with E-state index in [9.17, 15) is 19.7 Å². The van der Waals surface area contributed by atoms with Crippen LogP contribution in [0.3, 0.4) is 0 Å². The molecule has 130 valence electrons. The van der Waals surface area contributed by atoms with Crippen LogP contribution in [0.15, 0.2) is 51.4 Å². The van der Waals surface area contributed by atoms with Gasteiger partial charge in [0.25, 0.3) is 17.5 Å². The summed E-state index contributed by atoms with van der Waals surface area (Å²) in [7, 11) is 0. The zero-order chi connectivity index (χ0) is 18.4. The molecule has 0 radical (unpaired) electrons. The minimum absolute atomic E-state index is 0.130. The summed E-state index contributed by atoms with van der Waals surface area (Å²) < 4.78 is 6.85. The van der Waals surface area contributed by atoms with Gasteiger partial charge in [0, 0.05) is 22.2 Å². The van der Waals surface area contributed by atoms with Crippen LogP contribution in [0.2, 0.25) is 0 Å². The van der Waals surface area contributed by atoms with Crippen LogP contribution in [-0.2, 0) is 4.79 Å². The van der Waals surface area contributed by atoms with E-state index in [0.29, 0.717) is 10.2 Å². The highest BCUT2D eigenvalue weighted by molar-refractivity contribution is 9.11. The number of amides is 2. The molecule has 0 fully saturated rings. The summed E-state index contributed by atoms with van der Waals surface area (Å²) in [5.41, 5.74) is 4.44. The highest BCUT2D eigenvalue weighted by atomic mass is 79.9. The van der Waals surface area contributed by atoms with E-state index in [1.807, 2.05) is 0 Å². The van der Waals surface area contributed by atoms with E-state index in [0.717, 1.165) is 4.47 Å². The number of nitro groups is 1. The van der Waals surface area contributed by atoms with Crippen LogP contribution in [0.1, 0.15) is 10.4 Å². The maximum Gasteiger partial charge on any atom is 0.276 e. The normalized spacial score (nSPS) is 10.0. The molecule has 2 aromatic carbocycles. The highest BCUT2D eigenvalue weighted by Gasteiger charge is 2.11. The average Bonchev–Trinajstić information content (AvgIpc) is 2.59. The smallest absolute Gasteiger partial charge is 0.276 e. The number of benzene rings is 2. The fourth-order valence-electron chi connectivity index (χ4n) is 1.70. The SMILES string of the molecule is O=C(COc1ccc(Br)cc1Br)NNC(=O)c1ccc([N+](=O)[O-])cc1. The topological polar surface area (TPSA) is 111 Å². The summed E-state index contributed by atoms with van der Waals surface area (Å²) in [5, 5.41) is 10.6. The second kappa shape index (κ2) is 8.58. The molecule has 0 bridgehead atoms. The van der Waals surface area contributed by atoms with Crippen LogP contribution in [0.5, 0.6) is 5.75 Å². The van der Waals surface area contributed by atoms with Gasteiger partial charge in [0.2, 0.25) is 0 Å². The number of nitrogens with zero attached hydrogens (tertiary/aromatic N) is 1. The lowest BCUT2D eigenvalue weighted by atomic mass is 10.2. The van der Waals surface area contributed by atoms with Crippen LogP contribution >= 0.6 is 31.9 Å². The number of rotatable bonds is 5. The van der Waals surface area contributed by atoms with Crippen molar-refractivity contribution in [1.82, 2.24) is 10.9 Å². The molecule has 0 aliphatic rings. The van der Waals surface area contributed by atoms with Gasteiger partial charge in [0.05, 0.1) is 9.40 Å². The van der Waals surface area contributed by atoms with E-state index < -0.39 is 16.7 Å². The van der Waals surface area contributed by atoms with Crippen molar-refractivity contribution in [1.29, 1.82) is 0 Å². The largest absolute Gasteiger partial charge is 0.483 e. The van der Waals surface area contributed by atoms with Crippen molar-refractivity contribution in [3.8, 4) is 5.75 Å². The number of carbonyl (C=O) groups is 2. The summed E-state index contributed by atoms with van der Waals surface area (Å²) in [6.45, 7) is -0.305. The van der Waals surface area contributed by atoms with Crippen LogP contribution in [0.4, 0.5) is 5.69 Å². The minimum Gasteiger partial charge on any atom is -0.483 e. The van der Waals surface area contributed by atoms with E-state index in [4.69, 9.17) is 4.74 Å². The first-order valence-corrected chi connectivity index (χ1v) is 8.37.